The molecule has 2 heterocycles. The number of para-hydroxylation sites is 1. The molecule has 0 amide bonds. The smallest absolute Gasteiger partial charge is 0.0513 e. The molecule has 1 aliphatic heterocycles. The molecule has 0 atom stereocenters. The molecule has 0 unspecified atom stereocenters. The van der Waals surface area contributed by atoms with Crippen molar-refractivity contribution >= 4 is 10.9 Å². The van der Waals surface area contributed by atoms with Gasteiger partial charge in [-0.05, 0) is 28.9 Å². The largest absolute Gasteiger partial charge is 0.347 e. The standard InChI is InChI=1S/C13H15N/c1-13(2)8-11-5-3-4-10-6-7-14(9-13)12(10)11/h3-7H,8-9H2,1-2H3. The summed E-state index contributed by atoms with van der Waals surface area (Å²) in [6.07, 6.45) is 3.42. The highest BCUT2D eigenvalue weighted by Gasteiger charge is 2.26. The van der Waals surface area contributed by atoms with Crippen LogP contribution < -0.4 is 0 Å². The van der Waals surface area contributed by atoms with E-state index in [1.807, 2.05) is 0 Å². The van der Waals surface area contributed by atoms with Crippen LogP contribution in [-0.2, 0) is 13.0 Å². The number of hydrogen-bond donors (Lipinski definition) is 0. The van der Waals surface area contributed by atoms with Crippen molar-refractivity contribution < 1.29 is 0 Å². The van der Waals surface area contributed by atoms with Gasteiger partial charge in [0.05, 0.1) is 5.52 Å². The summed E-state index contributed by atoms with van der Waals surface area (Å²) in [5.74, 6) is 0. The summed E-state index contributed by atoms with van der Waals surface area (Å²) in [5.41, 5.74) is 3.36. The fourth-order valence-electron chi connectivity index (χ4n) is 2.65. The van der Waals surface area contributed by atoms with Gasteiger partial charge in [-0.1, -0.05) is 32.0 Å². The monoisotopic (exact) mass is 185 g/mol. The van der Waals surface area contributed by atoms with Crippen LogP contribution in [0.15, 0.2) is 30.5 Å². The van der Waals surface area contributed by atoms with E-state index in [1.165, 1.54) is 22.9 Å². The minimum Gasteiger partial charge on any atom is -0.347 e. The van der Waals surface area contributed by atoms with Gasteiger partial charge in [-0.15, -0.1) is 0 Å². The zero-order valence-electron chi connectivity index (χ0n) is 8.75. The molecule has 0 bridgehead atoms. The van der Waals surface area contributed by atoms with Crippen molar-refractivity contribution in [2.75, 3.05) is 0 Å². The number of aromatic nitrogens is 1. The molecule has 2 aromatic rings. The fourth-order valence-corrected chi connectivity index (χ4v) is 2.65. The van der Waals surface area contributed by atoms with Crippen molar-refractivity contribution in [3.8, 4) is 0 Å². The van der Waals surface area contributed by atoms with Crippen molar-refractivity contribution in [3.05, 3.63) is 36.0 Å². The van der Waals surface area contributed by atoms with Crippen LogP contribution in [0.2, 0.25) is 0 Å². The summed E-state index contributed by atoms with van der Waals surface area (Å²) in [5, 5.41) is 1.39. The lowest BCUT2D eigenvalue weighted by atomic mass is 9.83. The van der Waals surface area contributed by atoms with E-state index in [9.17, 15) is 0 Å². The summed E-state index contributed by atoms with van der Waals surface area (Å²) in [4.78, 5) is 0. The van der Waals surface area contributed by atoms with Crippen molar-refractivity contribution in [2.24, 2.45) is 5.41 Å². The summed E-state index contributed by atoms with van der Waals surface area (Å²) < 4.78 is 2.40. The molecule has 0 N–H and O–H groups in total. The molecule has 1 nitrogen and oxygen atoms in total. The Morgan fingerprint density at radius 2 is 2.07 bits per heavy atom. The van der Waals surface area contributed by atoms with Crippen LogP contribution in [0, 0.1) is 5.41 Å². The third kappa shape index (κ3) is 1.02. The second-order valence-electron chi connectivity index (χ2n) is 5.14. The Labute approximate surface area is 84.4 Å². The molecule has 3 rings (SSSR count). The second kappa shape index (κ2) is 2.41. The summed E-state index contributed by atoms with van der Waals surface area (Å²) >= 11 is 0. The molecule has 0 aliphatic carbocycles. The lowest BCUT2D eigenvalue weighted by Gasteiger charge is -2.31. The Hall–Kier alpha value is -1.24. The van der Waals surface area contributed by atoms with E-state index in [4.69, 9.17) is 0 Å². The van der Waals surface area contributed by atoms with Gasteiger partial charge in [0, 0.05) is 12.7 Å². The van der Waals surface area contributed by atoms with E-state index >= 15 is 0 Å². The van der Waals surface area contributed by atoms with Crippen LogP contribution in [-0.4, -0.2) is 4.57 Å². The third-order valence-corrected chi connectivity index (χ3v) is 3.14. The minimum absolute atomic E-state index is 0.403. The van der Waals surface area contributed by atoms with Crippen LogP contribution in [0.4, 0.5) is 0 Å². The first-order chi connectivity index (χ1) is 6.66. The van der Waals surface area contributed by atoms with E-state index in [2.05, 4.69) is 48.9 Å². The maximum Gasteiger partial charge on any atom is 0.0513 e. The van der Waals surface area contributed by atoms with Gasteiger partial charge in [-0.2, -0.15) is 0 Å². The minimum atomic E-state index is 0.403. The average molecular weight is 185 g/mol. The first-order valence-corrected chi connectivity index (χ1v) is 5.22. The Morgan fingerprint density at radius 1 is 1.21 bits per heavy atom. The maximum absolute atomic E-state index is 2.40. The topological polar surface area (TPSA) is 4.93 Å². The number of hydrogen-bond acceptors (Lipinski definition) is 0. The SMILES string of the molecule is CC1(C)Cc2cccc3ccn(c23)C1. The van der Waals surface area contributed by atoms with Gasteiger partial charge in [-0.3, -0.25) is 0 Å². The first-order valence-electron chi connectivity index (χ1n) is 5.22. The van der Waals surface area contributed by atoms with E-state index < -0.39 is 0 Å². The van der Waals surface area contributed by atoms with Crippen molar-refractivity contribution in [3.63, 3.8) is 0 Å². The Kier molecular flexibility index (Phi) is 1.40. The molecule has 1 heteroatoms. The highest BCUT2D eigenvalue weighted by molar-refractivity contribution is 5.84. The second-order valence-corrected chi connectivity index (χ2v) is 5.14. The Balaban J connectivity index is 2.34. The molecule has 1 aliphatic rings. The maximum atomic E-state index is 2.40. The zero-order chi connectivity index (χ0) is 9.76. The molecular formula is C13H15N. The van der Waals surface area contributed by atoms with Gasteiger partial charge in [-0.25, -0.2) is 0 Å². The normalized spacial score (nSPS) is 18.7. The van der Waals surface area contributed by atoms with Gasteiger partial charge in [0.2, 0.25) is 0 Å². The average Bonchev–Trinajstić information content (AvgIpc) is 2.48. The lowest BCUT2D eigenvalue weighted by Crippen LogP contribution is -2.26. The van der Waals surface area contributed by atoms with Gasteiger partial charge in [0.25, 0.3) is 0 Å². The fraction of sp³-hybridized carbons (Fsp3) is 0.385. The van der Waals surface area contributed by atoms with Gasteiger partial charge in [0.1, 0.15) is 0 Å². The molecule has 0 saturated carbocycles. The quantitative estimate of drug-likeness (QED) is 0.594. The van der Waals surface area contributed by atoms with Gasteiger partial charge >= 0.3 is 0 Å². The zero-order valence-corrected chi connectivity index (χ0v) is 8.75. The third-order valence-electron chi connectivity index (χ3n) is 3.14. The number of rotatable bonds is 0. The van der Waals surface area contributed by atoms with E-state index in [1.54, 1.807) is 0 Å². The number of nitrogens with zero attached hydrogens (tertiary/aromatic N) is 1. The van der Waals surface area contributed by atoms with Crippen LogP contribution in [0.1, 0.15) is 19.4 Å². The van der Waals surface area contributed by atoms with Crippen molar-refractivity contribution in [1.29, 1.82) is 0 Å². The first kappa shape index (κ1) is 8.10. The molecular weight excluding hydrogens is 170 g/mol. The van der Waals surface area contributed by atoms with E-state index in [-0.39, 0.29) is 0 Å². The Morgan fingerprint density at radius 3 is 2.93 bits per heavy atom. The van der Waals surface area contributed by atoms with Gasteiger partial charge in [0.15, 0.2) is 0 Å². The predicted octanol–water partition coefficient (Wildman–Crippen LogP) is 3.22. The highest BCUT2D eigenvalue weighted by Crippen LogP contribution is 2.34. The predicted molar refractivity (Wildman–Crippen MR) is 59.4 cm³/mol. The molecule has 14 heavy (non-hydrogen) atoms. The van der Waals surface area contributed by atoms with E-state index in [0.29, 0.717) is 5.41 Å². The van der Waals surface area contributed by atoms with Crippen LogP contribution in [0.3, 0.4) is 0 Å². The highest BCUT2D eigenvalue weighted by atomic mass is 15.0. The molecule has 72 valence electrons. The summed E-state index contributed by atoms with van der Waals surface area (Å²) in [6, 6.07) is 8.86. The summed E-state index contributed by atoms with van der Waals surface area (Å²) in [7, 11) is 0. The van der Waals surface area contributed by atoms with Crippen molar-refractivity contribution in [2.45, 2.75) is 26.8 Å². The Bertz CT molecular complexity index is 491. The lowest BCUT2D eigenvalue weighted by molar-refractivity contribution is 0.297. The molecule has 1 aromatic heterocycles. The molecule has 0 saturated heterocycles. The van der Waals surface area contributed by atoms with Gasteiger partial charge < -0.3 is 4.57 Å². The van der Waals surface area contributed by atoms with Crippen LogP contribution >= 0.6 is 0 Å². The summed E-state index contributed by atoms with van der Waals surface area (Å²) in [6.45, 7) is 5.83. The van der Waals surface area contributed by atoms with Crippen molar-refractivity contribution in [1.82, 2.24) is 4.57 Å². The molecule has 0 radical (unpaired) electrons. The van der Waals surface area contributed by atoms with Crippen LogP contribution in [0.5, 0.6) is 0 Å². The number of benzene rings is 1. The van der Waals surface area contributed by atoms with Crippen LogP contribution in [0.25, 0.3) is 10.9 Å². The molecule has 0 spiro atoms. The van der Waals surface area contributed by atoms with E-state index in [0.717, 1.165) is 6.54 Å². The molecule has 0 fully saturated rings. The molecule has 1 aromatic carbocycles.